The topological polar surface area (TPSA) is 37.3 Å². The third kappa shape index (κ3) is 1.90. The van der Waals surface area contributed by atoms with Crippen LogP contribution in [-0.2, 0) is 11.2 Å². The second-order valence-corrected chi connectivity index (χ2v) is 5.84. The summed E-state index contributed by atoms with van der Waals surface area (Å²) in [6.45, 7) is 3.85. The van der Waals surface area contributed by atoms with Gasteiger partial charge < -0.3 is 5.11 Å². The van der Waals surface area contributed by atoms with E-state index >= 15 is 0 Å². The zero-order valence-corrected chi connectivity index (χ0v) is 11.7. The molecule has 0 atom stereocenters. The zero-order valence-electron chi connectivity index (χ0n) is 10.9. The molecule has 3 heteroatoms. The third-order valence-electron chi connectivity index (χ3n) is 3.49. The predicted octanol–water partition coefficient (Wildman–Crippen LogP) is 3.82. The van der Waals surface area contributed by atoms with E-state index < -0.39 is 0 Å². The van der Waals surface area contributed by atoms with Crippen LogP contribution in [0.15, 0.2) is 29.6 Å². The molecule has 0 radical (unpaired) electrons. The van der Waals surface area contributed by atoms with Crippen molar-refractivity contribution in [1.29, 1.82) is 0 Å². The summed E-state index contributed by atoms with van der Waals surface area (Å²) in [6, 6.07) is 7.64. The molecule has 1 aliphatic carbocycles. The Hall–Kier alpha value is -1.87. The van der Waals surface area contributed by atoms with Gasteiger partial charge in [-0.05, 0) is 48.1 Å². The smallest absolute Gasteiger partial charge is 0.168 e. The van der Waals surface area contributed by atoms with Gasteiger partial charge in [0.15, 0.2) is 5.78 Å². The summed E-state index contributed by atoms with van der Waals surface area (Å²) >= 11 is 1.56. The molecule has 1 aliphatic rings. The first-order valence-electron chi connectivity index (χ1n) is 6.18. The first-order chi connectivity index (χ1) is 9.08. The van der Waals surface area contributed by atoms with E-state index in [1.54, 1.807) is 17.4 Å². The van der Waals surface area contributed by atoms with Gasteiger partial charge in [-0.15, -0.1) is 11.3 Å². The van der Waals surface area contributed by atoms with Gasteiger partial charge in [-0.25, -0.2) is 0 Å². The number of carbonyl (C=O) groups excluding carboxylic acids is 1. The molecule has 0 spiro atoms. The highest BCUT2D eigenvalue weighted by molar-refractivity contribution is 7.11. The zero-order chi connectivity index (χ0) is 13.6. The van der Waals surface area contributed by atoms with Crippen molar-refractivity contribution in [1.82, 2.24) is 0 Å². The fraction of sp³-hybridized carbons (Fsp3) is 0.188. The number of thiophene rings is 1. The molecule has 0 unspecified atom stereocenters. The van der Waals surface area contributed by atoms with Crippen LogP contribution in [0.2, 0.25) is 0 Å². The third-order valence-corrected chi connectivity index (χ3v) is 4.38. The van der Waals surface area contributed by atoms with Crippen molar-refractivity contribution in [3.8, 4) is 5.75 Å². The molecule has 2 aromatic rings. The highest BCUT2D eigenvalue weighted by Crippen LogP contribution is 2.40. The molecule has 0 aliphatic heterocycles. The Morgan fingerprint density at radius 3 is 2.74 bits per heavy atom. The van der Waals surface area contributed by atoms with Gasteiger partial charge in [-0.1, -0.05) is 12.1 Å². The second-order valence-electron chi connectivity index (χ2n) is 4.90. The van der Waals surface area contributed by atoms with Crippen molar-refractivity contribution in [3.05, 3.63) is 51.2 Å². The van der Waals surface area contributed by atoms with Crippen molar-refractivity contribution in [2.75, 3.05) is 0 Å². The van der Waals surface area contributed by atoms with Crippen LogP contribution in [0.25, 0.3) is 11.1 Å². The van der Waals surface area contributed by atoms with Gasteiger partial charge in [0, 0.05) is 22.4 Å². The van der Waals surface area contributed by atoms with Crippen LogP contribution in [0.3, 0.4) is 0 Å². The molecule has 3 rings (SSSR count). The minimum atomic E-state index is 0.137. The minimum absolute atomic E-state index is 0.137. The fourth-order valence-electron chi connectivity index (χ4n) is 2.75. The normalized spacial score (nSPS) is 14.7. The van der Waals surface area contributed by atoms with E-state index in [4.69, 9.17) is 0 Å². The standard InChI is InChI=1S/C16H14O2S/c1-9-6-11-8-13(18)16(14-4-3-5-19-14)10(2)15(11)12(17)7-9/h3-7,17H,8H2,1-2H3. The fourth-order valence-corrected chi connectivity index (χ4v) is 3.60. The lowest BCUT2D eigenvalue weighted by Gasteiger charge is -2.21. The van der Waals surface area contributed by atoms with Crippen LogP contribution in [0.1, 0.15) is 28.5 Å². The lowest BCUT2D eigenvalue weighted by atomic mass is 9.83. The predicted molar refractivity (Wildman–Crippen MR) is 78.4 cm³/mol. The first-order valence-corrected chi connectivity index (χ1v) is 7.06. The van der Waals surface area contributed by atoms with E-state index in [2.05, 4.69) is 0 Å². The molecule has 2 nitrogen and oxygen atoms in total. The average Bonchev–Trinajstić information content (AvgIpc) is 2.80. The summed E-state index contributed by atoms with van der Waals surface area (Å²) in [5.41, 5.74) is 4.37. The number of carbonyl (C=O) groups is 1. The molecule has 1 aromatic heterocycles. The summed E-state index contributed by atoms with van der Waals surface area (Å²) in [6.07, 6.45) is 0.370. The lowest BCUT2D eigenvalue weighted by Crippen LogP contribution is -2.14. The van der Waals surface area contributed by atoms with Crippen molar-refractivity contribution >= 4 is 28.3 Å². The molecule has 1 aromatic carbocycles. The number of hydrogen-bond donors (Lipinski definition) is 1. The van der Waals surface area contributed by atoms with Crippen LogP contribution >= 0.6 is 11.3 Å². The van der Waals surface area contributed by atoms with E-state index in [0.29, 0.717) is 6.42 Å². The molecule has 96 valence electrons. The van der Waals surface area contributed by atoms with E-state index in [9.17, 15) is 9.90 Å². The van der Waals surface area contributed by atoms with Crippen LogP contribution in [-0.4, -0.2) is 10.9 Å². The molecule has 0 saturated carbocycles. The summed E-state index contributed by atoms with van der Waals surface area (Å²) < 4.78 is 0. The summed E-state index contributed by atoms with van der Waals surface area (Å²) in [5, 5.41) is 12.1. The monoisotopic (exact) mass is 270 g/mol. The molecule has 1 heterocycles. The molecular formula is C16H14O2S. The molecule has 0 saturated heterocycles. The number of phenolic OH excluding ortho intramolecular Hbond substituents is 1. The van der Waals surface area contributed by atoms with Gasteiger partial charge >= 0.3 is 0 Å². The molecule has 19 heavy (non-hydrogen) atoms. The Bertz CT molecular complexity index is 694. The largest absolute Gasteiger partial charge is 0.507 e. The average molecular weight is 270 g/mol. The van der Waals surface area contributed by atoms with Gasteiger partial charge in [0.05, 0.1) is 0 Å². The minimum Gasteiger partial charge on any atom is -0.507 e. The maximum atomic E-state index is 12.4. The number of allylic oxidation sites excluding steroid dienone is 2. The van der Waals surface area contributed by atoms with Gasteiger partial charge in [-0.2, -0.15) is 0 Å². The lowest BCUT2D eigenvalue weighted by molar-refractivity contribution is -0.113. The van der Waals surface area contributed by atoms with E-state index in [1.165, 1.54) is 0 Å². The Balaban J connectivity index is 2.28. The van der Waals surface area contributed by atoms with Gasteiger partial charge in [0.25, 0.3) is 0 Å². The Kier molecular flexibility index (Phi) is 2.79. The van der Waals surface area contributed by atoms with Crippen molar-refractivity contribution in [2.45, 2.75) is 20.3 Å². The maximum absolute atomic E-state index is 12.4. The van der Waals surface area contributed by atoms with E-state index in [1.807, 2.05) is 37.4 Å². The summed E-state index contributed by atoms with van der Waals surface area (Å²) in [5.74, 6) is 0.409. The number of Topliss-reactive ketones (excluding diaryl/α,β-unsaturated/α-hetero) is 1. The molecule has 0 amide bonds. The van der Waals surface area contributed by atoms with Gasteiger partial charge in [0.1, 0.15) is 5.75 Å². The number of fused-ring (bicyclic) bond motifs is 1. The van der Waals surface area contributed by atoms with Gasteiger partial charge in [-0.3, -0.25) is 4.79 Å². The van der Waals surface area contributed by atoms with Crippen molar-refractivity contribution in [3.63, 3.8) is 0 Å². The van der Waals surface area contributed by atoms with Crippen LogP contribution in [0.4, 0.5) is 0 Å². The number of aromatic hydroxyl groups is 1. The summed E-state index contributed by atoms with van der Waals surface area (Å²) in [7, 11) is 0. The molecule has 0 fully saturated rings. The highest BCUT2D eigenvalue weighted by Gasteiger charge is 2.26. The van der Waals surface area contributed by atoms with E-state index in [-0.39, 0.29) is 11.5 Å². The molecule has 0 bridgehead atoms. The second kappa shape index (κ2) is 4.35. The Morgan fingerprint density at radius 1 is 1.26 bits per heavy atom. The maximum Gasteiger partial charge on any atom is 0.168 e. The van der Waals surface area contributed by atoms with Crippen molar-refractivity contribution in [2.24, 2.45) is 0 Å². The van der Waals surface area contributed by atoms with Crippen LogP contribution in [0.5, 0.6) is 5.75 Å². The first kappa shape index (κ1) is 12.2. The Morgan fingerprint density at radius 2 is 2.05 bits per heavy atom. The van der Waals surface area contributed by atoms with Gasteiger partial charge in [0.2, 0.25) is 0 Å². The SMILES string of the molecule is CC1=C(c2cccs2)C(=O)Cc2cc(C)cc(O)c21. The van der Waals surface area contributed by atoms with E-state index in [0.717, 1.165) is 32.7 Å². The number of benzene rings is 1. The Labute approximate surface area is 116 Å². The van der Waals surface area contributed by atoms with Crippen LogP contribution < -0.4 is 0 Å². The van der Waals surface area contributed by atoms with Crippen molar-refractivity contribution < 1.29 is 9.90 Å². The summed E-state index contributed by atoms with van der Waals surface area (Å²) in [4.78, 5) is 13.3. The number of phenols is 1. The number of rotatable bonds is 1. The highest BCUT2D eigenvalue weighted by atomic mass is 32.1. The number of ketones is 1. The quantitative estimate of drug-likeness (QED) is 0.855. The number of aryl methyl sites for hydroxylation is 1. The number of hydrogen-bond acceptors (Lipinski definition) is 3. The molecular weight excluding hydrogens is 256 g/mol. The molecule has 1 N–H and O–H groups in total. The van der Waals surface area contributed by atoms with Crippen LogP contribution in [0, 0.1) is 6.92 Å².